The molecule has 4 aliphatic heterocycles. The highest BCUT2D eigenvalue weighted by Crippen LogP contribution is 2.37. The van der Waals surface area contributed by atoms with E-state index in [1.165, 1.54) is 15.9 Å². The van der Waals surface area contributed by atoms with Crippen molar-refractivity contribution in [3.63, 3.8) is 0 Å². The van der Waals surface area contributed by atoms with E-state index in [4.69, 9.17) is 27.3 Å². The van der Waals surface area contributed by atoms with Crippen molar-refractivity contribution in [1.82, 2.24) is 24.9 Å². The number of rotatable bonds is 8. The van der Waals surface area contributed by atoms with Gasteiger partial charge in [0, 0.05) is 67.9 Å². The summed E-state index contributed by atoms with van der Waals surface area (Å²) in [5.41, 5.74) is 7.22. The second-order valence-corrected chi connectivity index (χ2v) is 15.0. The number of nitrogens with zero attached hydrogens (tertiary/aromatic N) is 7. The van der Waals surface area contributed by atoms with Crippen LogP contribution in [0.4, 0.5) is 10.2 Å². The summed E-state index contributed by atoms with van der Waals surface area (Å²) in [6.07, 6.45) is 4.51. The molecule has 0 unspecified atom stereocenters. The van der Waals surface area contributed by atoms with Gasteiger partial charge in [-0.15, -0.1) is 10.2 Å². The highest BCUT2D eigenvalue weighted by molar-refractivity contribution is 6.31. The molecule has 5 heterocycles. The van der Waals surface area contributed by atoms with Crippen LogP contribution in [-0.4, -0.2) is 91.9 Å². The molecule has 1 saturated carbocycles. The molecule has 3 atom stereocenters. The Balaban J connectivity index is 0.905. The Morgan fingerprint density at radius 1 is 0.962 bits per heavy atom. The molecule has 53 heavy (non-hydrogen) atoms. The number of primary amides is 1. The number of fused-ring (bicyclic) bond motifs is 3. The zero-order valence-electron chi connectivity index (χ0n) is 28.9. The molecule has 0 spiro atoms. The first-order valence-electron chi connectivity index (χ1n) is 18.1. The third-order valence-electron chi connectivity index (χ3n) is 11.5. The fraction of sp³-hybridized carbons (Fsp3) is 0.447. The maximum absolute atomic E-state index is 15.7. The molecular formula is C38H38ClFN8O5. The normalized spacial score (nSPS) is 25.8. The van der Waals surface area contributed by atoms with Crippen LogP contribution < -0.4 is 15.4 Å². The van der Waals surface area contributed by atoms with E-state index in [0.717, 1.165) is 12.8 Å². The number of anilines is 1. The summed E-state index contributed by atoms with van der Waals surface area (Å²) in [6.45, 7) is 1.92. The van der Waals surface area contributed by atoms with Crippen molar-refractivity contribution in [1.29, 1.82) is 5.26 Å². The number of amides is 4. The SMILES string of the molecule is N#Cc1ccc(OC2CCC(N3C(=O)CC[C@@H](N4Cc5cc(CN6[C@@H]7CC[C@@H]6CN(c6ccc(C(N)=O)nn6)C7)c(F)cc5C4=O)C3=O)CC2)cc1Cl. The van der Waals surface area contributed by atoms with Gasteiger partial charge in [0.1, 0.15) is 23.7 Å². The Morgan fingerprint density at radius 2 is 1.70 bits per heavy atom. The van der Waals surface area contributed by atoms with Crippen molar-refractivity contribution in [2.75, 3.05) is 18.0 Å². The Labute approximate surface area is 310 Å². The summed E-state index contributed by atoms with van der Waals surface area (Å²) in [7, 11) is 0. The summed E-state index contributed by atoms with van der Waals surface area (Å²) in [5.74, 6) is -0.877. The topological polar surface area (TPSA) is 166 Å². The molecule has 2 N–H and O–H groups in total. The first-order valence-corrected chi connectivity index (χ1v) is 18.4. The van der Waals surface area contributed by atoms with E-state index in [1.54, 1.807) is 36.4 Å². The maximum atomic E-state index is 15.7. The Hall–Kier alpha value is -5.13. The highest BCUT2D eigenvalue weighted by atomic mass is 35.5. The second-order valence-electron chi connectivity index (χ2n) is 14.6. The lowest BCUT2D eigenvalue weighted by Crippen LogP contribution is -2.58. The van der Waals surface area contributed by atoms with Crippen LogP contribution in [-0.2, 0) is 22.7 Å². The molecule has 8 rings (SSSR count). The van der Waals surface area contributed by atoms with Crippen LogP contribution in [0.2, 0.25) is 5.02 Å². The average molecular weight is 741 g/mol. The Bertz CT molecular complexity index is 2020. The van der Waals surface area contributed by atoms with Gasteiger partial charge in [-0.2, -0.15) is 5.26 Å². The molecule has 4 amide bonds. The monoisotopic (exact) mass is 740 g/mol. The number of piperazine rings is 1. The summed E-state index contributed by atoms with van der Waals surface area (Å²) < 4.78 is 21.8. The zero-order valence-corrected chi connectivity index (χ0v) is 29.7. The molecule has 0 radical (unpaired) electrons. The number of imide groups is 1. The predicted octanol–water partition coefficient (Wildman–Crippen LogP) is 3.96. The molecule has 5 aliphatic rings. The fourth-order valence-corrected chi connectivity index (χ4v) is 8.99. The third kappa shape index (κ3) is 6.57. The second kappa shape index (κ2) is 14.0. The Kier molecular flexibility index (Phi) is 9.24. The van der Waals surface area contributed by atoms with Crippen molar-refractivity contribution in [2.24, 2.45) is 5.73 Å². The molecule has 3 saturated heterocycles. The van der Waals surface area contributed by atoms with Gasteiger partial charge in [0.25, 0.3) is 17.7 Å². The van der Waals surface area contributed by atoms with Gasteiger partial charge in [-0.25, -0.2) is 4.39 Å². The highest BCUT2D eigenvalue weighted by Gasteiger charge is 2.46. The third-order valence-corrected chi connectivity index (χ3v) is 11.8. The summed E-state index contributed by atoms with van der Waals surface area (Å²) in [4.78, 5) is 59.5. The number of nitriles is 1. The van der Waals surface area contributed by atoms with E-state index in [-0.39, 0.29) is 66.7 Å². The predicted molar refractivity (Wildman–Crippen MR) is 189 cm³/mol. The van der Waals surface area contributed by atoms with Crippen LogP contribution in [0.1, 0.15) is 88.9 Å². The van der Waals surface area contributed by atoms with Crippen molar-refractivity contribution >= 4 is 41.0 Å². The molecule has 4 fully saturated rings. The minimum Gasteiger partial charge on any atom is -0.490 e. The van der Waals surface area contributed by atoms with Crippen molar-refractivity contribution in [3.8, 4) is 11.8 Å². The van der Waals surface area contributed by atoms with Crippen LogP contribution in [0.15, 0.2) is 42.5 Å². The number of benzene rings is 2. The first kappa shape index (κ1) is 34.9. The van der Waals surface area contributed by atoms with Crippen LogP contribution in [0.5, 0.6) is 5.75 Å². The van der Waals surface area contributed by atoms with Gasteiger partial charge in [-0.1, -0.05) is 11.6 Å². The summed E-state index contributed by atoms with van der Waals surface area (Å²) in [5, 5.41) is 17.6. The molecule has 2 aromatic carbocycles. The zero-order chi connectivity index (χ0) is 37.0. The van der Waals surface area contributed by atoms with Gasteiger partial charge >= 0.3 is 0 Å². The number of carbonyl (C=O) groups excluding carboxylic acids is 4. The minimum absolute atomic E-state index is 0.107. The quantitative estimate of drug-likeness (QED) is 0.334. The summed E-state index contributed by atoms with van der Waals surface area (Å²) in [6, 6.07) is 12.6. The lowest BCUT2D eigenvalue weighted by Gasteiger charge is -2.41. The minimum atomic E-state index is -0.807. The smallest absolute Gasteiger partial charge is 0.269 e. The molecule has 274 valence electrons. The molecule has 1 aromatic heterocycles. The number of ether oxygens (including phenoxy) is 1. The molecular weight excluding hydrogens is 703 g/mol. The largest absolute Gasteiger partial charge is 0.490 e. The number of hydrogen-bond acceptors (Lipinski definition) is 10. The van der Waals surface area contributed by atoms with Crippen LogP contribution in [0.25, 0.3) is 0 Å². The van der Waals surface area contributed by atoms with Crippen LogP contribution in [0, 0.1) is 17.1 Å². The Morgan fingerprint density at radius 3 is 2.36 bits per heavy atom. The molecule has 1 aliphatic carbocycles. The van der Waals surface area contributed by atoms with E-state index in [2.05, 4.69) is 20.0 Å². The van der Waals surface area contributed by atoms with Gasteiger partial charge < -0.3 is 20.3 Å². The van der Waals surface area contributed by atoms with Gasteiger partial charge in [0.2, 0.25) is 5.91 Å². The maximum Gasteiger partial charge on any atom is 0.269 e. The molecule has 2 bridgehead atoms. The average Bonchev–Trinajstić information content (AvgIpc) is 3.57. The van der Waals surface area contributed by atoms with Gasteiger partial charge in [-0.3, -0.25) is 29.0 Å². The van der Waals surface area contributed by atoms with E-state index < -0.39 is 23.7 Å². The van der Waals surface area contributed by atoms with E-state index >= 15 is 4.39 Å². The number of piperidine rings is 1. The van der Waals surface area contributed by atoms with Crippen molar-refractivity contribution in [2.45, 2.75) is 94.7 Å². The van der Waals surface area contributed by atoms with E-state index in [1.807, 2.05) is 6.07 Å². The molecule has 3 aromatic rings. The van der Waals surface area contributed by atoms with E-state index in [9.17, 15) is 19.2 Å². The van der Waals surface area contributed by atoms with Gasteiger partial charge in [0.15, 0.2) is 11.5 Å². The first-order chi connectivity index (χ1) is 25.6. The standard InChI is InChI=1S/C38H38ClFN8O5/c39-30-14-28(6-1-21(30)16-41)53-27-7-4-24(5-8-27)48-35(49)12-10-33(38(48)52)47-17-22-13-23(31(40)15-29(22)37(47)51)18-46-25-2-3-26(46)20-45(19-25)34-11-9-32(36(42)50)43-44-34/h1,6,9,11,13-15,24-27,33H,2-5,7-8,10,12,17-20H2,(H2,42,50)/t24?,25-,26-,27?,33-/m1/s1. The van der Waals surface area contributed by atoms with Crippen LogP contribution >= 0.6 is 11.6 Å². The van der Waals surface area contributed by atoms with Crippen LogP contribution in [0.3, 0.4) is 0 Å². The number of carbonyl (C=O) groups is 4. The van der Waals surface area contributed by atoms with E-state index in [0.29, 0.717) is 78.6 Å². The summed E-state index contributed by atoms with van der Waals surface area (Å²) >= 11 is 6.16. The van der Waals surface area contributed by atoms with Crippen molar-refractivity contribution < 1.29 is 28.3 Å². The lowest BCUT2D eigenvalue weighted by atomic mass is 9.89. The van der Waals surface area contributed by atoms with Gasteiger partial charge in [0.05, 0.1) is 16.7 Å². The number of aromatic nitrogens is 2. The number of nitrogens with two attached hydrogens (primary N) is 1. The number of halogens is 2. The van der Waals surface area contributed by atoms with Gasteiger partial charge in [-0.05, 0) is 86.9 Å². The number of likely N-dealkylation sites (tertiary alicyclic amines) is 1. The lowest BCUT2D eigenvalue weighted by molar-refractivity contribution is -0.156. The number of hydrogen-bond donors (Lipinski definition) is 1. The molecule has 13 nitrogen and oxygen atoms in total. The molecule has 15 heteroatoms. The fourth-order valence-electron chi connectivity index (χ4n) is 8.77. The van der Waals surface area contributed by atoms with Crippen molar-refractivity contribution in [3.05, 3.63) is 81.3 Å².